The van der Waals surface area contributed by atoms with Crippen LogP contribution in [0.4, 0.5) is 5.69 Å². The number of imidazole rings is 1. The quantitative estimate of drug-likeness (QED) is 0.581. The van der Waals surface area contributed by atoms with Crippen molar-refractivity contribution in [2.75, 3.05) is 5.32 Å². The highest BCUT2D eigenvalue weighted by Crippen LogP contribution is 2.19. The van der Waals surface area contributed by atoms with Gasteiger partial charge in [-0.15, -0.1) is 11.3 Å². The van der Waals surface area contributed by atoms with Crippen LogP contribution in [0.25, 0.3) is 16.3 Å². The number of fused-ring (bicyclic) bond motifs is 1. The first-order valence-corrected chi connectivity index (χ1v) is 8.84. The molecule has 4 rings (SSSR count). The Balaban J connectivity index is 1.51. The number of carbonyl (C=O) groups is 1. The highest BCUT2D eigenvalue weighted by Gasteiger charge is 2.10. The van der Waals surface area contributed by atoms with Crippen molar-refractivity contribution in [1.29, 1.82) is 0 Å². The summed E-state index contributed by atoms with van der Waals surface area (Å²) in [6.45, 7) is 1.76. The van der Waals surface area contributed by atoms with Gasteiger partial charge in [-0.05, 0) is 19.1 Å². The van der Waals surface area contributed by atoms with Gasteiger partial charge in [0.25, 0.3) is 5.56 Å². The molecule has 0 radical (unpaired) electrons. The Hall–Kier alpha value is -3.26. The van der Waals surface area contributed by atoms with Crippen LogP contribution in [0.3, 0.4) is 0 Å². The van der Waals surface area contributed by atoms with Crippen LogP contribution in [-0.4, -0.2) is 25.3 Å². The second-order valence-electron chi connectivity index (χ2n) is 5.87. The van der Waals surface area contributed by atoms with Crippen LogP contribution in [0.15, 0.2) is 52.9 Å². The predicted molar refractivity (Wildman–Crippen MR) is 100 cm³/mol. The number of benzene rings is 1. The first-order valence-electron chi connectivity index (χ1n) is 7.96. The maximum atomic E-state index is 12.3. The lowest BCUT2D eigenvalue weighted by Crippen LogP contribution is -2.14. The van der Waals surface area contributed by atoms with Gasteiger partial charge in [0.2, 0.25) is 5.91 Å². The smallest absolute Gasteiger partial charge is 0.251 e. The van der Waals surface area contributed by atoms with Gasteiger partial charge in [0, 0.05) is 40.8 Å². The molecule has 0 fully saturated rings. The maximum absolute atomic E-state index is 12.3. The molecule has 3 heterocycles. The summed E-state index contributed by atoms with van der Waals surface area (Å²) in [5.41, 5.74) is 2.51. The van der Waals surface area contributed by atoms with E-state index >= 15 is 0 Å². The summed E-state index contributed by atoms with van der Waals surface area (Å²) >= 11 is 1.53. The lowest BCUT2D eigenvalue weighted by Gasteiger charge is -2.07. The minimum absolute atomic E-state index is 0.154. The molecule has 0 saturated heterocycles. The predicted octanol–water partition coefficient (Wildman–Crippen LogP) is 2.64. The van der Waals surface area contributed by atoms with Crippen LogP contribution >= 0.6 is 11.3 Å². The molecular formula is C18H15N5O2S. The summed E-state index contributed by atoms with van der Waals surface area (Å²) in [7, 11) is 0. The molecule has 0 atom stereocenters. The molecule has 2 N–H and O–H groups in total. The summed E-state index contributed by atoms with van der Waals surface area (Å²) in [4.78, 5) is 36.2. The number of hydrogen-bond acceptors (Lipinski definition) is 5. The molecule has 3 aromatic heterocycles. The SMILES string of the molecule is Cc1cc(=O)[nH]c(-c2cccc(NC(=O)Cc3cn4ccsc4n3)c2)n1. The van der Waals surface area contributed by atoms with Crippen molar-refractivity contribution in [3.8, 4) is 11.4 Å². The Labute approximate surface area is 152 Å². The van der Waals surface area contributed by atoms with E-state index in [1.165, 1.54) is 17.4 Å². The second-order valence-corrected chi connectivity index (χ2v) is 6.74. The van der Waals surface area contributed by atoms with E-state index in [0.717, 1.165) is 16.2 Å². The van der Waals surface area contributed by atoms with E-state index in [2.05, 4.69) is 20.3 Å². The number of aryl methyl sites for hydroxylation is 1. The summed E-state index contributed by atoms with van der Waals surface area (Å²) in [6.07, 6.45) is 3.95. The highest BCUT2D eigenvalue weighted by atomic mass is 32.1. The van der Waals surface area contributed by atoms with Crippen molar-refractivity contribution >= 4 is 27.9 Å². The van der Waals surface area contributed by atoms with Crippen molar-refractivity contribution in [3.63, 3.8) is 0 Å². The fourth-order valence-corrected chi connectivity index (χ4v) is 3.41. The second kappa shape index (κ2) is 6.57. The van der Waals surface area contributed by atoms with Crippen LogP contribution in [0.1, 0.15) is 11.4 Å². The van der Waals surface area contributed by atoms with Gasteiger partial charge in [-0.1, -0.05) is 12.1 Å². The standard InChI is InChI=1S/C18H15N5O2S/c1-11-7-15(24)22-17(19-11)12-3-2-4-13(8-12)20-16(25)9-14-10-23-5-6-26-18(23)21-14/h2-8,10H,9H2,1H3,(H,20,25)(H,19,22,24). The zero-order chi connectivity index (χ0) is 18.1. The monoisotopic (exact) mass is 365 g/mol. The van der Waals surface area contributed by atoms with Crippen molar-refractivity contribution in [2.45, 2.75) is 13.3 Å². The van der Waals surface area contributed by atoms with E-state index in [4.69, 9.17) is 0 Å². The molecule has 4 aromatic rings. The molecule has 1 amide bonds. The van der Waals surface area contributed by atoms with Gasteiger partial charge in [0.1, 0.15) is 5.82 Å². The molecule has 0 bridgehead atoms. The van der Waals surface area contributed by atoms with Gasteiger partial charge in [-0.2, -0.15) is 0 Å². The van der Waals surface area contributed by atoms with Crippen molar-refractivity contribution in [2.24, 2.45) is 0 Å². The Morgan fingerprint density at radius 3 is 3.00 bits per heavy atom. The molecule has 7 nitrogen and oxygen atoms in total. The first kappa shape index (κ1) is 16.2. The number of rotatable bonds is 4. The van der Waals surface area contributed by atoms with E-state index in [0.29, 0.717) is 17.2 Å². The molecular weight excluding hydrogens is 350 g/mol. The van der Waals surface area contributed by atoms with E-state index < -0.39 is 0 Å². The summed E-state index contributed by atoms with van der Waals surface area (Å²) in [5.74, 6) is 0.319. The number of nitrogens with zero attached hydrogens (tertiary/aromatic N) is 3. The number of amides is 1. The van der Waals surface area contributed by atoms with Gasteiger partial charge >= 0.3 is 0 Å². The van der Waals surface area contributed by atoms with Gasteiger partial charge in [-0.3, -0.25) is 14.0 Å². The number of aromatic nitrogens is 4. The minimum Gasteiger partial charge on any atom is -0.326 e. The molecule has 26 heavy (non-hydrogen) atoms. The van der Waals surface area contributed by atoms with E-state index in [1.807, 2.05) is 28.2 Å². The van der Waals surface area contributed by atoms with Crippen molar-refractivity contribution in [1.82, 2.24) is 19.4 Å². The largest absolute Gasteiger partial charge is 0.326 e. The zero-order valence-electron chi connectivity index (χ0n) is 13.9. The maximum Gasteiger partial charge on any atom is 0.251 e. The topological polar surface area (TPSA) is 92.2 Å². The summed E-state index contributed by atoms with van der Waals surface area (Å²) in [6, 6.07) is 8.64. The fourth-order valence-electron chi connectivity index (χ4n) is 2.69. The number of carbonyl (C=O) groups excluding carboxylic acids is 1. The average Bonchev–Trinajstić information content (AvgIpc) is 3.15. The zero-order valence-corrected chi connectivity index (χ0v) is 14.7. The summed E-state index contributed by atoms with van der Waals surface area (Å²) in [5, 5.41) is 4.81. The van der Waals surface area contributed by atoms with Crippen LogP contribution < -0.4 is 10.9 Å². The van der Waals surface area contributed by atoms with Gasteiger partial charge in [-0.25, -0.2) is 9.97 Å². The highest BCUT2D eigenvalue weighted by molar-refractivity contribution is 7.15. The lowest BCUT2D eigenvalue weighted by atomic mass is 10.1. The van der Waals surface area contributed by atoms with Gasteiger partial charge in [0.05, 0.1) is 12.1 Å². The molecule has 0 spiro atoms. The molecule has 0 aliphatic heterocycles. The molecule has 8 heteroatoms. The Kier molecular flexibility index (Phi) is 4.10. The Bertz CT molecular complexity index is 1130. The number of thiazole rings is 1. The third kappa shape index (κ3) is 3.40. The van der Waals surface area contributed by atoms with Crippen molar-refractivity contribution < 1.29 is 4.79 Å². The van der Waals surface area contributed by atoms with Crippen LogP contribution in [0.2, 0.25) is 0 Å². The number of nitrogens with one attached hydrogen (secondary N) is 2. The number of H-pyrrole nitrogens is 1. The normalized spacial score (nSPS) is 11.0. The molecule has 0 saturated carbocycles. The number of aromatic amines is 1. The fraction of sp³-hybridized carbons (Fsp3) is 0.111. The van der Waals surface area contributed by atoms with Crippen LogP contribution in [-0.2, 0) is 11.2 Å². The Morgan fingerprint density at radius 2 is 2.19 bits per heavy atom. The van der Waals surface area contributed by atoms with E-state index in [9.17, 15) is 9.59 Å². The minimum atomic E-state index is -0.207. The third-order valence-electron chi connectivity index (χ3n) is 3.77. The van der Waals surface area contributed by atoms with Gasteiger partial charge in [0.15, 0.2) is 4.96 Å². The van der Waals surface area contributed by atoms with E-state index in [1.54, 1.807) is 25.1 Å². The third-order valence-corrected chi connectivity index (χ3v) is 4.55. The average molecular weight is 365 g/mol. The molecule has 0 aliphatic rings. The molecule has 1 aromatic carbocycles. The van der Waals surface area contributed by atoms with Crippen LogP contribution in [0.5, 0.6) is 0 Å². The summed E-state index contributed by atoms with van der Waals surface area (Å²) < 4.78 is 1.90. The molecule has 130 valence electrons. The van der Waals surface area contributed by atoms with Crippen molar-refractivity contribution in [3.05, 3.63) is 69.8 Å². The van der Waals surface area contributed by atoms with E-state index in [-0.39, 0.29) is 17.9 Å². The molecule has 0 unspecified atom stereocenters. The molecule has 0 aliphatic carbocycles. The Morgan fingerprint density at radius 1 is 1.31 bits per heavy atom. The number of anilines is 1. The van der Waals surface area contributed by atoms with Gasteiger partial charge < -0.3 is 10.3 Å². The lowest BCUT2D eigenvalue weighted by molar-refractivity contribution is -0.115. The number of hydrogen-bond donors (Lipinski definition) is 2. The first-order chi connectivity index (χ1) is 12.6. The van der Waals surface area contributed by atoms with Crippen LogP contribution in [0, 0.1) is 6.92 Å².